The third-order valence-electron chi connectivity index (χ3n) is 1.99. The van der Waals surface area contributed by atoms with Gasteiger partial charge in [-0.3, -0.25) is 0 Å². The second-order valence-electron chi connectivity index (χ2n) is 6.27. The topological polar surface area (TPSA) is 18.5 Å². The van der Waals surface area contributed by atoms with Gasteiger partial charge in [-0.05, 0) is 58.3 Å². The molecule has 0 spiro atoms. The molecule has 6 heteroatoms. The minimum Gasteiger partial charge on any atom is -0.437 e. The van der Waals surface area contributed by atoms with Crippen LogP contribution in [0.4, 0.5) is 0 Å². The van der Waals surface area contributed by atoms with E-state index in [-0.39, 0.29) is 0 Å². The lowest BCUT2D eigenvalue weighted by Crippen LogP contribution is -2.51. The Hall–Kier alpha value is 0.861. The number of halogens is 1. The van der Waals surface area contributed by atoms with Gasteiger partial charge in [0.1, 0.15) is 0 Å². The van der Waals surface area contributed by atoms with Gasteiger partial charge in [0.05, 0.1) is 0 Å². The maximum atomic E-state index is 6.34. The quantitative estimate of drug-likeness (QED) is 0.513. The fourth-order valence-electron chi connectivity index (χ4n) is 1.97. The molecule has 0 radical (unpaired) electrons. The Morgan fingerprint density at radius 3 is 1.75 bits per heavy atom. The Balaban J connectivity index is 4.33. The van der Waals surface area contributed by atoms with Crippen molar-refractivity contribution < 1.29 is 8.23 Å². The van der Waals surface area contributed by atoms with Crippen molar-refractivity contribution in [3.63, 3.8) is 0 Å². The molecule has 16 heavy (non-hydrogen) atoms. The third kappa shape index (κ3) is 8.95. The molecular formula is C10H27ClO2Si3. The van der Waals surface area contributed by atoms with E-state index >= 15 is 0 Å². The average molecular weight is 299 g/mol. The molecule has 0 N–H and O–H groups in total. The van der Waals surface area contributed by atoms with Crippen molar-refractivity contribution in [2.45, 2.75) is 58.3 Å². The van der Waals surface area contributed by atoms with E-state index in [0.29, 0.717) is 0 Å². The summed E-state index contributed by atoms with van der Waals surface area (Å²) in [5.74, 6) is 0.733. The first kappa shape index (κ1) is 16.9. The molecular weight excluding hydrogens is 272 g/mol. The summed E-state index contributed by atoms with van der Waals surface area (Å²) in [5, 5.41) is 0. The van der Waals surface area contributed by atoms with Crippen LogP contribution in [0.15, 0.2) is 0 Å². The number of rotatable bonds is 7. The van der Waals surface area contributed by atoms with Gasteiger partial charge >= 0.3 is 8.56 Å². The zero-order valence-corrected chi connectivity index (χ0v) is 15.6. The molecule has 0 aliphatic heterocycles. The van der Waals surface area contributed by atoms with Crippen molar-refractivity contribution in [1.29, 1.82) is 0 Å². The van der Waals surface area contributed by atoms with E-state index in [1.165, 1.54) is 0 Å². The predicted molar refractivity (Wildman–Crippen MR) is 80.6 cm³/mol. The van der Waals surface area contributed by atoms with Gasteiger partial charge < -0.3 is 8.23 Å². The van der Waals surface area contributed by atoms with Gasteiger partial charge in [0.15, 0.2) is 16.6 Å². The molecule has 0 aliphatic carbocycles. The van der Waals surface area contributed by atoms with E-state index < -0.39 is 25.2 Å². The minimum atomic E-state index is -1.94. The number of hydrogen-bond donors (Lipinski definition) is 0. The van der Waals surface area contributed by atoms with Crippen LogP contribution in [0.3, 0.4) is 0 Å². The summed E-state index contributed by atoms with van der Waals surface area (Å²) >= 11 is 5.74. The van der Waals surface area contributed by atoms with E-state index in [0.717, 1.165) is 18.3 Å². The third-order valence-corrected chi connectivity index (χ3v) is 12.4. The van der Waals surface area contributed by atoms with Crippen LogP contribution in [0.1, 0.15) is 6.42 Å². The van der Waals surface area contributed by atoms with Crippen LogP contribution in [0.5, 0.6) is 0 Å². The Morgan fingerprint density at radius 1 is 0.875 bits per heavy atom. The lowest BCUT2D eigenvalue weighted by molar-refractivity contribution is 0.391. The molecule has 0 aromatic carbocycles. The Kier molecular flexibility index (Phi) is 6.48. The summed E-state index contributed by atoms with van der Waals surface area (Å²) in [6, 6.07) is 1.13. The first-order valence-electron chi connectivity index (χ1n) is 5.94. The van der Waals surface area contributed by atoms with Crippen molar-refractivity contribution in [3.8, 4) is 0 Å². The van der Waals surface area contributed by atoms with Gasteiger partial charge in [-0.2, -0.15) is 0 Å². The molecule has 0 bridgehead atoms. The standard InChI is InChI=1S/C10H27ClO2Si3/c1-14(2,3)12-16(6,7)13-15(4,5)10-8-9-11/h8-10H2,1-7H3. The molecule has 2 nitrogen and oxygen atoms in total. The predicted octanol–water partition coefficient (Wildman–Crippen LogP) is 4.39. The molecule has 98 valence electrons. The van der Waals surface area contributed by atoms with Crippen LogP contribution >= 0.6 is 11.6 Å². The Labute approximate surface area is 109 Å². The van der Waals surface area contributed by atoms with Crippen LogP contribution in [-0.2, 0) is 8.23 Å². The molecule has 0 saturated carbocycles. The van der Waals surface area contributed by atoms with Crippen LogP contribution in [0.2, 0.25) is 51.9 Å². The Bertz CT molecular complexity index is 215. The van der Waals surface area contributed by atoms with Gasteiger partial charge in [0.2, 0.25) is 0 Å². The van der Waals surface area contributed by atoms with Crippen LogP contribution < -0.4 is 0 Å². The van der Waals surface area contributed by atoms with Crippen LogP contribution in [-0.4, -0.2) is 31.1 Å². The highest BCUT2D eigenvalue weighted by molar-refractivity contribution is 6.87. The normalized spacial score (nSPS) is 14.2. The second-order valence-corrected chi connectivity index (χ2v) is 19.3. The van der Waals surface area contributed by atoms with Gasteiger partial charge in [-0.1, -0.05) is 0 Å². The highest BCUT2D eigenvalue weighted by Crippen LogP contribution is 2.23. The summed E-state index contributed by atoms with van der Waals surface area (Å²) in [7, 11) is -5.02. The highest BCUT2D eigenvalue weighted by atomic mass is 35.5. The molecule has 0 atom stereocenters. The molecule has 0 rings (SSSR count). The fourth-order valence-corrected chi connectivity index (χ4v) is 15.5. The number of hydrogen-bond acceptors (Lipinski definition) is 2. The van der Waals surface area contributed by atoms with Crippen LogP contribution in [0, 0.1) is 0 Å². The maximum absolute atomic E-state index is 6.34. The second kappa shape index (κ2) is 6.15. The van der Waals surface area contributed by atoms with Crippen molar-refractivity contribution in [3.05, 3.63) is 0 Å². The SMILES string of the molecule is C[Si](C)(C)O[Si](C)(C)O[Si](C)(C)CCCCl. The van der Waals surface area contributed by atoms with Gasteiger partial charge in [-0.25, -0.2) is 0 Å². The lowest BCUT2D eigenvalue weighted by Gasteiger charge is -2.37. The van der Waals surface area contributed by atoms with E-state index in [1.807, 2.05) is 0 Å². The van der Waals surface area contributed by atoms with Crippen molar-refractivity contribution in [1.82, 2.24) is 0 Å². The average Bonchev–Trinajstić information content (AvgIpc) is 1.93. The van der Waals surface area contributed by atoms with Crippen molar-refractivity contribution in [2.75, 3.05) is 5.88 Å². The van der Waals surface area contributed by atoms with Gasteiger partial charge in [0, 0.05) is 5.88 Å². The highest BCUT2D eigenvalue weighted by Gasteiger charge is 2.37. The van der Waals surface area contributed by atoms with Gasteiger partial charge in [0.25, 0.3) is 0 Å². The monoisotopic (exact) mass is 298 g/mol. The maximum Gasteiger partial charge on any atom is 0.311 e. The summed E-state index contributed by atoms with van der Waals surface area (Å²) in [6.07, 6.45) is 1.05. The summed E-state index contributed by atoms with van der Waals surface area (Å²) in [6.45, 7) is 15.5. The summed E-state index contributed by atoms with van der Waals surface area (Å²) in [5.41, 5.74) is 0. The molecule has 0 saturated heterocycles. The summed E-state index contributed by atoms with van der Waals surface area (Å²) < 4.78 is 12.5. The molecule has 0 aromatic rings. The molecule has 0 aliphatic rings. The molecule has 0 amide bonds. The minimum absolute atomic E-state index is 0.733. The van der Waals surface area contributed by atoms with E-state index in [4.69, 9.17) is 19.8 Å². The van der Waals surface area contributed by atoms with Crippen molar-refractivity contribution >= 4 is 36.8 Å². The summed E-state index contributed by atoms with van der Waals surface area (Å²) in [4.78, 5) is 0. The first-order chi connectivity index (χ1) is 6.97. The van der Waals surface area contributed by atoms with Crippen LogP contribution in [0.25, 0.3) is 0 Å². The first-order valence-corrected chi connectivity index (χ1v) is 15.8. The Morgan fingerprint density at radius 2 is 1.38 bits per heavy atom. The zero-order chi connectivity index (χ0) is 13.0. The zero-order valence-electron chi connectivity index (χ0n) is 11.8. The molecule has 0 aromatic heterocycles. The number of alkyl halides is 1. The van der Waals surface area contributed by atoms with E-state index in [2.05, 4.69) is 45.8 Å². The molecule has 0 unspecified atom stereocenters. The van der Waals surface area contributed by atoms with Gasteiger partial charge in [-0.15, -0.1) is 11.6 Å². The van der Waals surface area contributed by atoms with E-state index in [1.54, 1.807) is 0 Å². The van der Waals surface area contributed by atoms with Crippen molar-refractivity contribution in [2.24, 2.45) is 0 Å². The molecule has 0 heterocycles. The fraction of sp³-hybridized carbons (Fsp3) is 1.00. The molecule has 0 fully saturated rings. The van der Waals surface area contributed by atoms with E-state index in [9.17, 15) is 0 Å². The smallest absolute Gasteiger partial charge is 0.311 e. The lowest BCUT2D eigenvalue weighted by atomic mass is 10.6. The largest absolute Gasteiger partial charge is 0.437 e.